The summed E-state index contributed by atoms with van der Waals surface area (Å²) in [6.07, 6.45) is 6.15. The number of ether oxygens (including phenoxy) is 2. The topological polar surface area (TPSA) is 59.1 Å². The predicted octanol–water partition coefficient (Wildman–Crippen LogP) is 2.96. The third-order valence-electron chi connectivity index (χ3n) is 5.65. The maximum Gasteiger partial charge on any atom is 0.254 e. The number of piperidine rings is 1. The summed E-state index contributed by atoms with van der Waals surface area (Å²) in [6, 6.07) is 5.22. The van der Waals surface area contributed by atoms with E-state index in [0.717, 1.165) is 38.8 Å². The molecular weight excluding hydrogens is 344 g/mol. The van der Waals surface area contributed by atoms with Crippen molar-refractivity contribution in [3.8, 4) is 11.5 Å². The van der Waals surface area contributed by atoms with Crippen LogP contribution in [0.25, 0.3) is 0 Å². The van der Waals surface area contributed by atoms with Crippen LogP contribution in [-0.4, -0.2) is 62.0 Å². The van der Waals surface area contributed by atoms with Crippen molar-refractivity contribution in [3.05, 3.63) is 23.8 Å². The van der Waals surface area contributed by atoms with Gasteiger partial charge in [-0.3, -0.25) is 9.59 Å². The highest BCUT2D eigenvalue weighted by atomic mass is 16.5. The van der Waals surface area contributed by atoms with Gasteiger partial charge in [0.25, 0.3) is 5.91 Å². The van der Waals surface area contributed by atoms with Gasteiger partial charge in [0.15, 0.2) is 0 Å². The number of hydrogen-bond donors (Lipinski definition) is 0. The van der Waals surface area contributed by atoms with Crippen molar-refractivity contribution >= 4 is 11.8 Å². The molecule has 6 heteroatoms. The van der Waals surface area contributed by atoms with Gasteiger partial charge in [0.2, 0.25) is 5.91 Å². The van der Waals surface area contributed by atoms with E-state index >= 15 is 0 Å². The maximum atomic E-state index is 12.9. The average molecular weight is 374 g/mol. The van der Waals surface area contributed by atoms with Crippen LogP contribution in [0.5, 0.6) is 11.5 Å². The minimum Gasteiger partial charge on any atom is -0.497 e. The molecule has 6 nitrogen and oxygen atoms in total. The third kappa shape index (κ3) is 4.73. The highest BCUT2D eigenvalue weighted by Gasteiger charge is 2.31. The Labute approximate surface area is 161 Å². The first kappa shape index (κ1) is 19.5. The van der Waals surface area contributed by atoms with Gasteiger partial charge >= 0.3 is 0 Å². The summed E-state index contributed by atoms with van der Waals surface area (Å²) in [7, 11) is 3.14. The zero-order chi connectivity index (χ0) is 19.2. The van der Waals surface area contributed by atoms with Gasteiger partial charge < -0.3 is 19.3 Å². The molecule has 27 heavy (non-hydrogen) atoms. The fraction of sp³-hybridized carbons (Fsp3) is 0.619. The van der Waals surface area contributed by atoms with Crippen LogP contribution in [0.3, 0.4) is 0 Å². The van der Waals surface area contributed by atoms with Crippen LogP contribution < -0.4 is 9.47 Å². The van der Waals surface area contributed by atoms with Crippen molar-refractivity contribution < 1.29 is 19.1 Å². The third-order valence-corrected chi connectivity index (χ3v) is 5.65. The van der Waals surface area contributed by atoms with Crippen LogP contribution in [0.2, 0.25) is 0 Å². The molecule has 0 atom stereocenters. The Morgan fingerprint density at radius 3 is 1.89 bits per heavy atom. The molecule has 2 aliphatic heterocycles. The van der Waals surface area contributed by atoms with Gasteiger partial charge in [0.1, 0.15) is 11.5 Å². The molecule has 2 heterocycles. The van der Waals surface area contributed by atoms with Crippen molar-refractivity contribution in [2.45, 2.75) is 38.5 Å². The van der Waals surface area contributed by atoms with Gasteiger partial charge in [-0.2, -0.15) is 0 Å². The number of methoxy groups -OCH3 is 2. The first-order valence-electron chi connectivity index (χ1n) is 9.93. The smallest absolute Gasteiger partial charge is 0.254 e. The molecule has 0 spiro atoms. The quantitative estimate of drug-likeness (QED) is 0.813. The van der Waals surface area contributed by atoms with E-state index in [2.05, 4.69) is 0 Å². The van der Waals surface area contributed by atoms with Gasteiger partial charge in [-0.25, -0.2) is 0 Å². The molecule has 0 unspecified atom stereocenters. The molecule has 2 fully saturated rings. The highest BCUT2D eigenvalue weighted by molar-refractivity contribution is 5.95. The Bertz CT molecular complexity index is 638. The lowest BCUT2D eigenvalue weighted by Gasteiger charge is -2.34. The first-order chi connectivity index (χ1) is 13.1. The molecule has 0 bridgehead atoms. The molecule has 3 rings (SSSR count). The Morgan fingerprint density at radius 1 is 0.815 bits per heavy atom. The fourth-order valence-corrected chi connectivity index (χ4v) is 3.99. The lowest BCUT2D eigenvalue weighted by Crippen LogP contribution is -2.44. The summed E-state index contributed by atoms with van der Waals surface area (Å²) >= 11 is 0. The zero-order valence-corrected chi connectivity index (χ0v) is 16.4. The molecular formula is C21H30N2O4. The predicted molar refractivity (Wildman–Crippen MR) is 103 cm³/mol. The molecule has 148 valence electrons. The lowest BCUT2D eigenvalue weighted by molar-refractivity contribution is -0.136. The van der Waals surface area contributed by atoms with Gasteiger partial charge in [0, 0.05) is 43.7 Å². The summed E-state index contributed by atoms with van der Waals surface area (Å²) in [5, 5.41) is 0. The molecule has 0 N–H and O–H groups in total. The Hall–Kier alpha value is -2.24. The molecule has 2 saturated heterocycles. The van der Waals surface area contributed by atoms with Crippen molar-refractivity contribution in [1.29, 1.82) is 0 Å². The summed E-state index contributed by atoms with van der Waals surface area (Å²) in [6.45, 7) is 3.01. The monoisotopic (exact) mass is 374 g/mol. The van der Waals surface area contributed by atoms with E-state index in [1.165, 1.54) is 12.8 Å². The largest absolute Gasteiger partial charge is 0.497 e. The van der Waals surface area contributed by atoms with Crippen LogP contribution in [0.4, 0.5) is 0 Å². The maximum absolute atomic E-state index is 12.9. The molecule has 0 aliphatic carbocycles. The van der Waals surface area contributed by atoms with E-state index in [4.69, 9.17) is 9.47 Å². The molecule has 0 radical (unpaired) electrons. The number of hydrogen-bond acceptors (Lipinski definition) is 4. The lowest BCUT2D eigenvalue weighted by atomic mass is 9.94. The molecule has 1 aromatic carbocycles. The van der Waals surface area contributed by atoms with Crippen LogP contribution >= 0.6 is 0 Å². The fourth-order valence-electron chi connectivity index (χ4n) is 3.99. The van der Waals surface area contributed by atoms with Crippen LogP contribution in [-0.2, 0) is 4.79 Å². The molecule has 0 saturated carbocycles. The van der Waals surface area contributed by atoms with E-state index < -0.39 is 0 Å². The van der Waals surface area contributed by atoms with E-state index in [9.17, 15) is 9.59 Å². The van der Waals surface area contributed by atoms with Gasteiger partial charge in [-0.15, -0.1) is 0 Å². The second-order valence-corrected chi connectivity index (χ2v) is 7.41. The second kappa shape index (κ2) is 9.11. The van der Waals surface area contributed by atoms with E-state index in [-0.39, 0.29) is 17.7 Å². The number of rotatable bonds is 4. The van der Waals surface area contributed by atoms with Crippen molar-refractivity contribution in [3.63, 3.8) is 0 Å². The minimum absolute atomic E-state index is 0.0344. The number of benzene rings is 1. The standard InChI is InChI=1S/C21H30N2O4/c1-26-18-13-17(14-19(15-18)27-2)21(25)23-11-7-16(8-12-23)20(24)22-9-5-3-4-6-10-22/h13-16H,3-12H2,1-2H3. The molecule has 2 amide bonds. The summed E-state index contributed by atoms with van der Waals surface area (Å²) in [5.41, 5.74) is 0.559. The van der Waals surface area contributed by atoms with Crippen LogP contribution in [0.15, 0.2) is 18.2 Å². The molecule has 1 aromatic rings. The van der Waals surface area contributed by atoms with E-state index in [0.29, 0.717) is 30.2 Å². The minimum atomic E-state index is -0.0344. The van der Waals surface area contributed by atoms with Gasteiger partial charge in [-0.05, 0) is 37.8 Å². The number of likely N-dealkylation sites (tertiary alicyclic amines) is 2. The Balaban J connectivity index is 1.60. The molecule has 0 aromatic heterocycles. The van der Waals surface area contributed by atoms with Crippen molar-refractivity contribution in [1.82, 2.24) is 9.80 Å². The van der Waals surface area contributed by atoms with Crippen LogP contribution in [0.1, 0.15) is 48.9 Å². The summed E-state index contributed by atoms with van der Waals surface area (Å²) < 4.78 is 10.5. The molecule has 2 aliphatic rings. The Kier molecular flexibility index (Phi) is 6.58. The van der Waals surface area contributed by atoms with Crippen molar-refractivity contribution in [2.75, 3.05) is 40.4 Å². The average Bonchev–Trinajstić information content (AvgIpc) is 3.02. The summed E-state index contributed by atoms with van der Waals surface area (Å²) in [4.78, 5) is 29.6. The Morgan fingerprint density at radius 2 is 1.37 bits per heavy atom. The SMILES string of the molecule is COc1cc(OC)cc(C(=O)N2CCC(C(=O)N3CCCCCC3)CC2)c1. The normalized spacial score (nSPS) is 18.7. The van der Waals surface area contributed by atoms with Crippen LogP contribution in [0, 0.1) is 5.92 Å². The van der Waals surface area contributed by atoms with E-state index in [1.54, 1.807) is 32.4 Å². The van der Waals surface area contributed by atoms with Crippen molar-refractivity contribution in [2.24, 2.45) is 5.92 Å². The number of carbonyl (C=O) groups is 2. The number of carbonyl (C=O) groups excluding carboxylic acids is 2. The number of nitrogens with zero attached hydrogens (tertiary/aromatic N) is 2. The highest BCUT2D eigenvalue weighted by Crippen LogP contribution is 2.26. The zero-order valence-electron chi connectivity index (χ0n) is 16.4. The van der Waals surface area contributed by atoms with E-state index in [1.807, 2.05) is 9.80 Å². The second-order valence-electron chi connectivity index (χ2n) is 7.41. The summed E-state index contributed by atoms with van der Waals surface area (Å²) in [5.74, 6) is 1.50. The van der Waals surface area contributed by atoms with Gasteiger partial charge in [0.05, 0.1) is 14.2 Å². The first-order valence-corrected chi connectivity index (χ1v) is 9.93. The number of amides is 2. The van der Waals surface area contributed by atoms with Gasteiger partial charge in [-0.1, -0.05) is 12.8 Å².